The van der Waals surface area contributed by atoms with Gasteiger partial charge >= 0.3 is 6.09 Å². The monoisotopic (exact) mass is 245 g/mol. The van der Waals surface area contributed by atoms with Gasteiger partial charge in [0.05, 0.1) is 12.6 Å². The third kappa shape index (κ3) is 6.06. The Balaban J connectivity index is 4.60. The minimum absolute atomic E-state index is 0.123. The molecule has 4 N–H and O–H groups in total. The molecule has 0 aliphatic heterocycles. The predicted molar refractivity (Wildman–Crippen MR) is 64.8 cm³/mol. The van der Waals surface area contributed by atoms with E-state index in [2.05, 4.69) is 10.3 Å². The quantitative estimate of drug-likeness (QED) is 0.338. The van der Waals surface area contributed by atoms with Crippen LogP contribution in [0.2, 0.25) is 0 Å². The fourth-order valence-electron chi connectivity index (χ4n) is 1.20. The van der Waals surface area contributed by atoms with Crippen molar-refractivity contribution in [3.8, 4) is 0 Å². The third-order valence-electron chi connectivity index (χ3n) is 2.08. The number of amides is 1. The molecule has 0 spiro atoms. The summed E-state index contributed by atoms with van der Waals surface area (Å²) in [5.41, 5.74) is -0.578. The zero-order valence-electron chi connectivity index (χ0n) is 11.2. The Morgan fingerprint density at radius 1 is 1.41 bits per heavy atom. The number of hydrogen-bond acceptors (Lipinski definition) is 5. The summed E-state index contributed by atoms with van der Waals surface area (Å²) in [7, 11) is 0. The van der Waals surface area contributed by atoms with E-state index in [-0.39, 0.29) is 18.5 Å². The summed E-state index contributed by atoms with van der Waals surface area (Å²) in [4.78, 5) is 11.7. The van der Waals surface area contributed by atoms with Gasteiger partial charge in [-0.25, -0.2) is 15.6 Å². The van der Waals surface area contributed by atoms with Gasteiger partial charge in [-0.05, 0) is 26.7 Å². The lowest BCUT2D eigenvalue weighted by Gasteiger charge is -2.31. The van der Waals surface area contributed by atoms with Crippen LogP contribution < -0.4 is 11.7 Å². The van der Waals surface area contributed by atoms with Crippen molar-refractivity contribution in [2.75, 3.05) is 6.54 Å². The van der Waals surface area contributed by atoms with Crippen LogP contribution in [0.15, 0.2) is 10.3 Å². The minimum Gasteiger partial charge on any atom is -0.443 e. The van der Waals surface area contributed by atoms with Crippen molar-refractivity contribution < 1.29 is 9.53 Å². The highest BCUT2D eigenvalue weighted by Gasteiger charge is 2.28. The van der Waals surface area contributed by atoms with Gasteiger partial charge in [0.25, 0.3) is 0 Å². The molecule has 7 nitrogen and oxygen atoms in total. The fourth-order valence-corrected chi connectivity index (χ4v) is 1.20. The van der Waals surface area contributed by atoms with E-state index in [9.17, 15) is 4.79 Å². The maximum atomic E-state index is 11.7. The summed E-state index contributed by atoms with van der Waals surface area (Å²) < 4.78 is 5.17. The Morgan fingerprint density at radius 3 is 2.29 bits per heavy atom. The van der Waals surface area contributed by atoms with Crippen molar-refractivity contribution in [3.05, 3.63) is 0 Å². The second-order valence-corrected chi connectivity index (χ2v) is 5.14. The molecule has 0 rings (SSSR count). The number of carbonyl (C=O) groups is 1. The van der Waals surface area contributed by atoms with E-state index in [1.54, 1.807) is 20.8 Å². The van der Waals surface area contributed by atoms with Crippen LogP contribution in [0.3, 0.4) is 0 Å². The summed E-state index contributed by atoms with van der Waals surface area (Å²) in [6.45, 7) is 9.46. The van der Waals surface area contributed by atoms with Gasteiger partial charge in [-0.15, -0.1) is 0 Å². The lowest BCUT2D eigenvalue weighted by molar-refractivity contribution is 0.0116. The molecule has 0 bridgehead atoms. The number of nitrogens with two attached hydrogens (primary N) is 2. The molecule has 0 saturated carbocycles. The molecule has 0 aromatic carbocycles. The Bertz CT molecular complexity index is 272. The van der Waals surface area contributed by atoms with Crippen LogP contribution in [0.5, 0.6) is 0 Å². The summed E-state index contributed by atoms with van der Waals surface area (Å²) in [6.07, 6.45) is -0.580. The lowest BCUT2D eigenvalue weighted by Crippen LogP contribution is -2.51. The lowest BCUT2D eigenvalue weighted by atomic mass is 10.0. The molecule has 1 unspecified atom stereocenters. The van der Waals surface area contributed by atoms with Crippen LogP contribution in [-0.2, 0) is 4.74 Å². The molecule has 7 heteroatoms. The minimum atomic E-state index is -0.580. The highest BCUT2D eigenvalue weighted by atomic mass is 16.6. The first-order valence-electron chi connectivity index (χ1n) is 5.52. The molecular weight excluding hydrogens is 222 g/mol. The topological polar surface area (TPSA) is 106 Å². The first-order chi connectivity index (χ1) is 7.69. The first kappa shape index (κ1) is 15.6. The molecule has 0 fully saturated rings. The molecular formula is C10H23N5O2. The standard InChI is InChI=1S/C10H23N5O2/c1-7(2)8(6-13-14-11)15(12)9(16)17-10(3,4)5/h7-8H,6,12H2,1-5H3,(H2,11,13). The van der Waals surface area contributed by atoms with Crippen molar-refractivity contribution in [2.45, 2.75) is 46.3 Å². The molecule has 0 radical (unpaired) electrons. The van der Waals surface area contributed by atoms with E-state index in [1.165, 1.54) is 0 Å². The third-order valence-corrected chi connectivity index (χ3v) is 2.08. The van der Waals surface area contributed by atoms with E-state index in [4.69, 9.17) is 16.4 Å². The Hall–Kier alpha value is -1.37. The van der Waals surface area contributed by atoms with Crippen LogP contribution in [0.4, 0.5) is 4.79 Å². The largest absolute Gasteiger partial charge is 0.443 e. The normalized spacial score (nSPS) is 14.1. The van der Waals surface area contributed by atoms with Crippen molar-refractivity contribution >= 4 is 6.09 Å². The Morgan fingerprint density at radius 2 is 1.94 bits per heavy atom. The molecule has 0 heterocycles. The van der Waals surface area contributed by atoms with Gasteiger partial charge in [-0.3, -0.25) is 0 Å². The second-order valence-electron chi connectivity index (χ2n) is 5.14. The van der Waals surface area contributed by atoms with Gasteiger partial charge in [-0.2, -0.15) is 5.11 Å². The van der Waals surface area contributed by atoms with Crippen molar-refractivity contribution in [1.82, 2.24) is 5.01 Å². The average molecular weight is 245 g/mol. The van der Waals surface area contributed by atoms with E-state index >= 15 is 0 Å². The summed E-state index contributed by atoms with van der Waals surface area (Å²) in [6, 6.07) is -0.294. The van der Waals surface area contributed by atoms with Gasteiger partial charge in [-0.1, -0.05) is 19.1 Å². The van der Waals surface area contributed by atoms with Crippen LogP contribution in [0, 0.1) is 5.92 Å². The molecule has 0 saturated heterocycles. The van der Waals surface area contributed by atoms with Crippen LogP contribution in [0.1, 0.15) is 34.6 Å². The number of nitrogens with zero attached hydrogens (tertiary/aromatic N) is 3. The molecule has 0 aromatic heterocycles. The number of rotatable bonds is 4. The van der Waals surface area contributed by atoms with Crippen molar-refractivity contribution in [2.24, 2.45) is 27.9 Å². The summed E-state index contributed by atoms with van der Waals surface area (Å²) >= 11 is 0. The zero-order chi connectivity index (χ0) is 13.6. The number of carbonyl (C=O) groups excluding carboxylic acids is 1. The first-order valence-corrected chi connectivity index (χ1v) is 5.52. The smallest absolute Gasteiger partial charge is 0.424 e. The van der Waals surface area contributed by atoms with E-state index in [1.807, 2.05) is 13.8 Å². The second kappa shape index (κ2) is 6.39. The molecule has 0 aromatic rings. The number of ether oxygens (including phenoxy) is 1. The average Bonchev–Trinajstić information content (AvgIpc) is 2.14. The van der Waals surface area contributed by atoms with Gasteiger partial charge < -0.3 is 10.6 Å². The molecule has 100 valence electrons. The fraction of sp³-hybridized carbons (Fsp3) is 0.900. The van der Waals surface area contributed by atoms with Gasteiger partial charge in [0.1, 0.15) is 5.60 Å². The van der Waals surface area contributed by atoms with E-state index in [0.29, 0.717) is 0 Å². The highest BCUT2D eigenvalue weighted by Crippen LogP contribution is 2.13. The Kier molecular flexibility index (Phi) is 5.87. The van der Waals surface area contributed by atoms with E-state index < -0.39 is 11.7 Å². The van der Waals surface area contributed by atoms with E-state index in [0.717, 1.165) is 5.01 Å². The van der Waals surface area contributed by atoms with Crippen molar-refractivity contribution in [1.29, 1.82) is 0 Å². The van der Waals surface area contributed by atoms with Crippen LogP contribution >= 0.6 is 0 Å². The van der Waals surface area contributed by atoms with Gasteiger partial charge in [0.15, 0.2) is 0 Å². The molecule has 17 heavy (non-hydrogen) atoms. The molecule has 0 aliphatic rings. The maximum Gasteiger partial charge on any atom is 0.424 e. The summed E-state index contributed by atoms with van der Waals surface area (Å²) in [5.74, 6) is 10.8. The maximum absolute atomic E-state index is 11.7. The number of hydrogen-bond donors (Lipinski definition) is 2. The zero-order valence-corrected chi connectivity index (χ0v) is 11.2. The SMILES string of the molecule is CC(C)C(CN=NN)N(N)C(=O)OC(C)(C)C. The molecule has 1 atom stereocenters. The van der Waals surface area contributed by atoms with Crippen LogP contribution in [-0.4, -0.2) is 29.3 Å². The summed E-state index contributed by atoms with van der Waals surface area (Å²) in [5, 5.41) is 7.88. The number of hydrazine groups is 1. The highest BCUT2D eigenvalue weighted by molar-refractivity contribution is 5.67. The molecule has 1 amide bonds. The van der Waals surface area contributed by atoms with Gasteiger partial charge in [0, 0.05) is 0 Å². The molecule has 0 aliphatic carbocycles. The Labute approximate surface area is 102 Å². The van der Waals surface area contributed by atoms with Gasteiger partial charge in [0.2, 0.25) is 0 Å². The van der Waals surface area contributed by atoms with Crippen molar-refractivity contribution in [3.63, 3.8) is 0 Å². The predicted octanol–water partition coefficient (Wildman–Crippen LogP) is 1.45. The van der Waals surface area contributed by atoms with Crippen LogP contribution in [0.25, 0.3) is 0 Å².